The number of fused-ring (bicyclic) bond motifs is 2. The zero-order valence-electron chi connectivity index (χ0n) is 14.4. The Morgan fingerprint density at radius 3 is 2.73 bits per heavy atom. The van der Waals surface area contributed by atoms with E-state index in [0.717, 1.165) is 16.5 Å². The normalized spacial score (nSPS) is 11.0. The van der Waals surface area contributed by atoms with Crippen LogP contribution in [0.25, 0.3) is 21.9 Å². The number of carbonyl (C=O) groups excluding carboxylic acids is 1. The third kappa shape index (κ3) is 2.73. The summed E-state index contributed by atoms with van der Waals surface area (Å²) in [5, 5.41) is 4.18. The Morgan fingerprint density at radius 1 is 1.08 bits per heavy atom. The molecular weight excluding hydrogens is 328 g/mol. The zero-order chi connectivity index (χ0) is 18.3. The van der Waals surface area contributed by atoms with Crippen LogP contribution in [-0.4, -0.2) is 10.9 Å². The Bertz CT molecular complexity index is 1220. The molecule has 128 valence electrons. The average Bonchev–Trinajstić information content (AvgIpc) is 2.62. The highest BCUT2D eigenvalue weighted by Gasteiger charge is 2.15. The van der Waals surface area contributed by atoms with Crippen molar-refractivity contribution in [3.05, 3.63) is 81.8 Å². The first-order chi connectivity index (χ1) is 12.5. The third-order valence-electron chi connectivity index (χ3n) is 4.26. The van der Waals surface area contributed by atoms with Gasteiger partial charge in [-0.1, -0.05) is 24.3 Å². The van der Waals surface area contributed by atoms with Gasteiger partial charge in [0.05, 0.1) is 16.6 Å². The average molecular weight is 344 g/mol. The molecule has 1 N–H and O–H groups in total. The van der Waals surface area contributed by atoms with Gasteiger partial charge in [0.15, 0.2) is 11.2 Å². The standard InChI is InChI=1S/C21H16N2O3/c1-12-9-13(2)20-15(10-12)17(24)11-18(26-20)21(25)23-16-7-3-5-14-6-4-8-22-19(14)16/h3-11H,1-2H3,(H,23,25). The van der Waals surface area contributed by atoms with Crippen LogP contribution in [0.1, 0.15) is 21.7 Å². The summed E-state index contributed by atoms with van der Waals surface area (Å²) in [6, 6.07) is 14.2. The highest BCUT2D eigenvalue weighted by atomic mass is 16.3. The van der Waals surface area contributed by atoms with Gasteiger partial charge >= 0.3 is 0 Å². The number of aromatic nitrogens is 1. The van der Waals surface area contributed by atoms with E-state index < -0.39 is 5.91 Å². The molecule has 5 nitrogen and oxygen atoms in total. The molecule has 0 bridgehead atoms. The second-order valence-electron chi connectivity index (χ2n) is 6.27. The van der Waals surface area contributed by atoms with Gasteiger partial charge in [0.1, 0.15) is 5.58 Å². The summed E-state index contributed by atoms with van der Waals surface area (Å²) < 4.78 is 5.74. The lowest BCUT2D eigenvalue weighted by molar-refractivity contribution is 0.0997. The topological polar surface area (TPSA) is 72.2 Å². The number of amides is 1. The molecule has 5 heteroatoms. The van der Waals surface area contributed by atoms with Crippen LogP contribution in [0, 0.1) is 13.8 Å². The van der Waals surface area contributed by atoms with E-state index >= 15 is 0 Å². The molecule has 0 fully saturated rings. The molecule has 0 aliphatic rings. The van der Waals surface area contributed by atoms with E-state index in [0.29, 0.717) is 22.2 Å². The van der Waals surface area contributed by atoms with E-state index in [2.05, 4.69) is 10.3 Å². The number of hydrogen-bond acceptors (Lipinski definition) is 4. The van der Waals surface area contributed by atoms with Gasteiger partial charge in [-0.15, -0.1) is 0 Å². The first-order valence-electron chi connectivity index (χ1n) is 8.23. The summed E-state index contributed by atoms with van der Waals surface area (Å²) in [5.74, 6) is -0.510. The predicted octanol–water partition coefficient (Wildman–Crippen LogP) is 4.21. The van der Waals surface area contributed by atoms with Gasteiger partial charge in [-0.25, -0.2) is 0 Å². The number of aryl methyl sites for hydroxylation is 2. The SMILES string of the molecule is Cc1cc(C)c2oc(C(=O)Nc3cccc4cccnc34)cc(=O)c2c1. The van der Waals surface area contributed by atoms with Gasteiger partial charge in [0.2, 0.25) is 0 Å². The molecule has 0 aliphatic heterocycles. The summed E-state index contributed by atoms with van der Waals surface area (Å²) in [7, 11) is 0. The second-order valence-corrected chi connectivity index (χ2v) is 6.27. The van der Waals surface area contributed by atoms with E-state index in [1.54, 1.807) is 18.3 Å². The first-order valence-corrected chi connectivity index (χ1v) is 8.23. The largest absolute Gasteiger partial charge is 0.450 e. The highest BCUT2D eigenvalue weighted by molar-refractivity contribution is 6.07. The summed E-state index contributed by atoms with van der Waals surface area (Å²) in [6.45, 7) is 3.77. The van der Waals surface area contributed by atoms with Crippen LogP contribution in [0.5, 0.6) is 0 Å². The quantitative estimate of drug-likeness (QED) is 0.591. The Hall–Kier alpha value is -3.47. The Labute approximate surface area is 149 Å². The van der Waals surface area contributed by atoms with Crippen LogP contribution >= 0.6 is 0 Å². The number of pyridine rings is 1. The molecule has 0 saturated heterocycles. The van der Waals surface area contributed by atoms with E-state index in [9.17, 15) is 9.59 Å². The zero-order valence-corrected chi connectivity index (χ0v) is 14.4. The van der Waals surface area contributed by atoms with Crippen molar-refractivity contribution in [2.45, 2.75) is 13.8 Å². The van der Waals surface area contributed by atoms with Crippen molar-refractivity contribution in [1.82, 2.24) is 4.98 Å². The highest BCUT2D eigenvalue weighted by Crippen LogP contribution is 2.23. The molecule has 2 aromatic heterocycles. The lowest BCUT2D eigenvalue weighted by Crippen LogP contribution is -2.15. The van der Waals surface area contributed by atoms with Crippen LogP contribution < -0.4 is 10.7 Å². The molecular formula is C21H16N2O3. The van der Waals surface area contributed by atoms with Crippen LogP contribution in [0.4, 0.5) is 5.69 Å². The van der Waals surface area contributed by atoms with Crippen molar-refractivity contribution < 1.29 is 9.21 Å². The van der Waals surface area contributed by atoms with Crippen molar-refractivity contribution in [2.75, 3.05) is 5.32 Å². The van der Waals surface area contributed by atoms with Gasteiger partial charge < -0.3 is 9.73 Å². The molecule has 4 aromatic rings. The Morgan fingerprint density at radius 2 is 1.88 bits per heavy atom. The minimum absolute atomic E-state index is 0.0256. The number of carbonyl (C=O) groups is 1. The number of rotatable bonds is 2. The monoisotopic (exact) mass is 344 g/mol. The fourth-order valence-electron chi connectivity index (χ4n) is 3.11. The van der Waals surface area contributed by atoms with Crippen molar-refractivity contribution in [3.8, 4) is 0 Å². The van der Waals surface area contributed by atoms with Crippen LogP contribution in [0.2, 0.25) is 0 Å². The first kappa shape index (κ1) is 16.0. The number of benzene rings is 2. The fraction of sp³-hybridized carbons (Fsp3) is 0.0952. The molecule has 1 amide bonds. The van der Waals surface area contributed by atoms with Gasteiger partial charge in [0.25, 0.3) is 5.91 Å². The van der Waals surface area contributed by atoms with E-state index in [1.807, 2.05) is 44.2 Å². The van der Waals surface area contributed by atoms with Gasteiger partial charge in [0, 0.05) is 17.6 Å². The molecule has 0 atom stereocenters. The van der Waals surface area contributed by atoms with Crippen molar-refractivity contribution >= 4 is 33.5 Å². The van der Waals surface area contributed by atoms with Gasteiger partial charge in [-0.2, -0.15) is 0 Å². The number of anilines is 1. The lowest BCUT2D eigenvalue weighted by Gasteiger charge is -2.09. The summed E-state index contributed by atoms with van der Waals surface area (Å²) in [5.41, 5.74) is 3.23. The number of nitrogens with one attached hydrogen (secondary N) is 1. The Balaban J connectivity index is 1.78. The molecule has 0 saturated carbocycles. The van der Waals surface area contributed by atoms with Crippen molar-refractivity contribution in [1.29, 1.82) is 0 Å². The molecule has 26 heavy (non-hydrogen) atoms. The molecule has 0 unspecified atom stereocenters. The minimum atomic E-state index is -0.484. The second kappa shape index (κ2) is 6.11. The summed E-state index contributed by atoms with van der Waals surface area (Å²) in [6.07, 6.45) is 1.67. The predicted molar refractivity (Wildman–Crippen MR) is 102 cm³/mol. The smallest absolute Gasteiger partial charge is 0.291 e. The third-order valence-corrected chi connectivity index (χ3v) is 4.26. The minimum Gasteiger partial charge on any atom is -0.450 e. The number of hydrogen-bond donors (Lipinski definition) is 1. The Kier molecular flexibility index (Phi) is 3.77. The summed E-state index contributed by atoms with van der Waals surface area (Å²) >= 11 is 0. The van der Waals surface area contributed by atoms with Crippen LogP contribution in [-0.2, 0) is 0 Å². The molecule has 0 spiro atoms. The molecule has 2 aromatic carbocycles. The number of nitrogens with zero attached hydrogens (tertiary/aromatic N) is 1. The number of para-hydroxylation sites is 1. The van der Waals surface area contributed by atoms with Crippen molar-refractivity contribution in [2.24, 2.45) is 0 Å². The fourth-order valence-corrected chi connectivity index (χ4v) is 3.11. The molecule has 2 heterocycles. The summed E-state index contributed by atoms with van der Waals surface area (Å²) in [4.78, 5) is 29.4. The lowest BCUT2D eigenvalue weighted by atomic mass is 10.1. The maximum atomic E-state index is 12.7. The maximum absolute atomic E-state index is 12.7. The van der Waals surface area contributed by atoms with E-state index in [-0.39, 0.29) is 11.2 Å². The van der Waals surface area contributed by atoms with Crippen molar-refractivity contribution in [3.63, 3.8) is 0 Å². The van der Waals surface area contributed by atoms with Gasteiger partial charge in [-0.05, 0) is 43.2 Å². The van der Waals surface area contributed by atoms with Gasteiger partial charge in [-0.3, -0.25) is 14.6 Å². The molecule has 0 radical (unpaired) electrons. The maximum Gasteiger partial charge on any atom is 0.291 e. The van der Waals surface area contributed by atoms with Crippen LogP contribution in [0.15, 0.2) is 63.9 Å². The van der Waals surface area contributed by atoms with Crippen LogP contribution in [0.3, 0.4) is 0 Å². The van der Waals surface area contributed by atoms with E-state index in [1.165, 1.54) is 6.07 Å². The molecule has 4 rings (SSSR count). The van der Waals surface area contributed by atoms with E-state index in [4.69, 9.17) is 4.42 Å². The molecule has 0 aliphatic carbocycles.